The largest absolute Gasteiger partial charge is 0.481 e. The maximum absolute atomic E-state index is 14.9. The number of hydrogen-bond acceptors (Lipinski definition) is 5. The number of aromatic nitrogens is 1. The molecule has 1 aromatic heterocycles. The highest BCUT2D eigenvalue weighted by Crippen LogP contribution is 2.38. The van der Waals surface area contributed by atoms with Crippen molar-refractivity contribution in [3.63, 3.8) is 0 Å². The summed E-state index contributed by atoms with van der Waals surface area (Å²) in [6, 6.07) is 9.36. The van der Waals surface area contributed by atoms with Crippen LogP contribution in [0.15, 0.2) is 40.9 Å². The summed E-state index contributed by atoms with van der Waals surface area (Å²) < 4.78 is 46.3. The van der Waals surface area contributed by atoms with E-state index in [9.17, 15) is 27.9 Å². The smallest absolute Gasteiger partial charge is 0.387 e. The molecular weight excluding hydrogens is 627 g/mol. The second-order valence-electron chi connectivity index (χ2n) is 11.7. The van der Waals surface area contributed by atoms with Gasteiger partial charge in [-0.2, -0.15) is 8.78 Å². The Morgan fingerprint density at radius 1 is 1.16 bits per heavy atom. The van der Waals surface area contributed by atoms with Gasteiger partial charge in [0.2, 0.25) is 0 Å². The van der Waals surface area contributed by atoms with Crippen molar-refractivity contribution in [2.24, 2.45) is 11.3 Å². The molecule has 1 saturated heterocycles. The molecule has 4 rings (SSSR count). The summed E-state index contributed by atoms with van der Waals surface area (Å²) >= 11 is 3.50. The van der Waals surface area contributed by atoms with Crippen molar-refractivity contribution in [1.29, 1.82) is 0 Å². The van der Waals surface area contributed by atoms with Crippen LogP contribution in [0.4, 0.5) is 19.0 Å². The molecule has 1 unspecified atom stereocenters. The van der Waals surface area contributed by atoms with Gasteiger partial charge in [-0.1, -0.05) is 35.8 Å². The predicted octanol–water partition coefficient (Wildman–Crippen LogP) is 7.52. The SMILES string of the molecule is Cc1c(N2CCCCC2)nc2ccc(Br)cc2c1C(=O)NCC(CCC(=O)O)C(C)(C)Cc1c(F)cccc1OC(F)F. The summed E-state index contributed by atoms with van der Waals surface area (Å²) in [5, 5.41) is 13.1. The highest BCUT2D eigenvalue weighted by atomic mass is 79.9. The number of nitrogens with one attached hydrogen (secondary N) is 1. The molecule has 1 amide bonds. The number of carboxylic acid groups (broad SMARTS) is 1. The van der Waals surface area contributed by atoms with Crippen LogP contribution in [0.5, 0.6) is 5.75 Å². The highest BCUT2D eigenvalue weighted by molar-refractivity contribution is 9.10. The second-order valence-corrected chi connectivity index (χ2v) is 12.7. The number of carbonyl (C=O) groups is 2. The van der Waals surface area contributed by atoms with E-state index in [-0.39, 0.29) is 43.0 Å². The summed E-state index contributed by atoms with van der Waals surface area (Å²) in [5.41, 5.74) is 1.11. The first kappa shape index (κ1) is 32.6. The topological polar surface area (TPSA) is 91.8 Å². The number of hydrogen-bond donors (Lipinski definition) is 2. The number of fused-ring (bicyclic) bond motifs is 1. The number of carboxylic acids is 1. The van der Waals surface area contributed by atoms with Gasteiger partial charge < -0.3 is 20.1 Å². The fourth-order valence-corrected chi connectivity index (χ4v) is 6.27. The van der Waals surface area contributed by atoms with Crippen LogP contribution in [0.3, 0.4) is 0 Å². The molecule has 1 aliphatic heterocycles. The maximum atomic E-state index is 14.9. The van der Waals surface area contributed by atoms with E-state index >= 15 is 0 Å². The van der Waals surface area contributed by atoms with Crippen LogP contribution in [0.25, 0.3) is 10.9 Å². The Morgan fingerprint density at radius 3 is 2.56 bits per heavy atom. The standard InChI is InChI=1S/C32H37BrF3N3O4/c1-19-28(22-16-21(33)11-12-25(22)38-29(19)39-14-5-4-6-15-39)30(42)37-18-20(10-13-27(40)41)32(2,3)17-23-24(34)8-7-9-26(23)43-31(35)36/h7-9,11-12,16,20,31H,4-6,10,13-15,17-18H2,1-3H3,(H,37,42)(H,40,41). The molecule has 3 aromatic rings. The summed E-state index contributed by atoms with van der Waals surface area (Å²) in [6.45, 7) is 4.19. The van der Waals surface area contributed by atoms with Crippen LogP contribution in [0, 0.1) is 24.1 Å². The Kier molecular flexibility index (Phi) is 10.6. The van der Waals surface area contributed by atoms with E-state index in [2.05, 4.69) is 30.9 Å². The Labute approximate surface area is 257 Å². The quantitative estimate of drug-likeness (QED) is 0.208. The molecule has 0 radical (unpaired) electrons. The molecule has 11 heteroatoms. The number of amides is 1. The van der Waals surface area contributed by atoms with Crippen LogP contribution in [0.2, 0.25) is 0 Å². The number of pyridine rings is 1. The first-order valence-electron chi connectivity index (χ1n) is 14.4. The monoisotopic (exact) mass is 663 g/mol. The van der Waals surface area contributed by atoms with Crippen molar-refractivity contribution >= 4 is 44.5 Å². The van der Waals surface area contributed by atoms with Gasteiger partial charge in [-0.15, -0.1) is 0 Å². The van der Waals surface area contributed by atoms with Crippen LogP contribution in [-0.4, -0.2) is 48.2 Å². The van der Waals surface area contributed by atoms with E-state index < -0.39 is 29.7 Å². The lowest BCUT2D eigenvalue weighted by Crippen LogP contribution is -2.39. The zero-order valence-electron chi connectivity index (χ0n) is 24.6. The number of ether oxygens (including phenoxy) is 1. The Balaban J connectivity index is 1.65. The van der Waals surface area contributed by atoms with Gasteiger partial charge in [-0.25, -0.2) is 9.37 Å². The Bertz CT molecular complexity index is 1480. The van der Waals surface area contributed by atoms with Gasteiger partial charge in [0.1, 0.15) is 17.4 Å². The maximum Gasteiger partial charge on any atom is 0.387 e. The molecule has 2 N–H and O–H groups in total. The van der Waals surface area contributed by atoms with Crippen molar-refractivity contribution in [2.75, 3.05) is 24.5 Å². The minimum Gasteiger partial charge on any atom is -0.481 e. The molecular formula is C32H37BrF3N3O4. The number of benzene rings is 2. The predicted molar refractivity (Wildman–Crippen MR) is 163 cm³/mol. The van der Waals surface area contributed by atoms with Gasteiger partial charge >= 0.3 is 12.6 Å². The number of nitrogens with zero attached hydrogens (tertiary/aromatic N) is 2. The van der Waals surface area contributed by atoms with Gasteiger partial charge in [0.15, 0.2) is 0 Å². The zero-order chi connectivity index (χ0) is 31.3. The van der Waals surface area contributed by atoms with Crippen molar-refractivity contribution in [3.8, 4) is 5.75 Å². The highest BCUT2D eigenvalue weighted by Gasteiger charge is 2.33. The summed E-state index contributed by atoms with van der Waals surface area (Å²) in [5.74, 6) is -1.96. The molecule has 43 heavy (non-hydrogen) atoms. The van der Waals surface area contributed by atoms with Crippen LogP contribution >= 0.6 is 15.9 Å². The van der Waals surface area contributed by atoms with Crippen molar-refractivity contribution in [1.82, 2.24) is 10.3 Å². The summed E-state index contributed by atoms with van der Waals surface area (Å²) in [7, 11) is 0. The van der Waals surface area contributed by atoms with Crippen molar-refractivity contribution in [2.45, 2.75) is 65.9 Å². The summed E-state index contributed by atoms with van der Waals surface area (Å²) in [4.78, 5) is 32.6. The lowest BCUT2D eigenvalue weighted by molar-refractivity contribution is -0.137. The number of anilines is 1. The molecule has 2 aromatic carbocycles. The van der Waals surface area contributed by atoms with Gasteiger partial charge in [0, 0.05) is 47.0 Å². The molecule has 0 saturated carbocycles. The fourth-order valence-electron chi connectivity index (χ4n) is 5.91. The van der Waals surface area contributed by atoms with Crippen LogP contribution in [-0.2, 0) is 11.2 Å². The van der Waals surface area contributed by atoms with Crippen molar-refractivity contribution in [3.05, 3.63) is 63.4 Å². The number of alkyl halides is 2. The molecule has 1 atom stereocenters. The fraction of sp³-hybridized carbons (Fsp3) is 0.469. The molecule has 1 aliphatic rings. The molecule has 1 fully saturated rings. The average molecular weight is 665 g/mol. The van der Waals surface area contributed by atoms with E-state index in [4.69, 9.17) is 4.98 Å². The Morgan fingerprint density at radius 2 is 1.88 bits per heavy atom. The van der Waals surface area contributed by atoms with E-state index in [1.54, 1.807) is 0 Å². The van der Waals surface area contributed by atoms with Gasteiger partial charge in [-0.3, -0.25) is 9.59 Å². The molecule has 7 nitrogen and oxygen atoms in total. The van der Waals surface area contributed by atoms with Gasteiger partial charge in [0.25, 0.3) is 5.91 Å². The first-order valence-corrected chi connectivity index (χ1v) is 15.2. The molecule has 2 heterocycles. The third kappa shape index (κ3) is 7.99. The van der Waals surface area contributed by atoms with E-state index in [1.165, 1.54) is 18.2 Å². The number of piperidine rings is 1. The number of aliphatic carboxylic acids is 1. The minimum absolute atomic E-state index is 0.00878. The summed E-state index contributed by atoms with van der Waals surface area (Å²) in [6.07, 6.45) is 3.25. The van der Waals surface area contributed by atoms with E-state index in [0.717, 1.165) is 48.2 Å². The third-order valence-corrected chi connectivity index (χ3v) is 8.79. The zero-order valence-corrected chi connectivity index (χ0v) is 26.1. The second kappa shape index (κ2) is 14.0. The molecule has 0 aliphatic carbocycles. The number of rotatable bonds is 12. The van der Waals surface area contributed by atoms with Gasteiger partial charge in [-0.05, 0) is 80.7 Å². The normalized spacial score (nSPS) is 14.7. The first-order chi connectivity index (χ1) is 20.4. The van der Waals surface area contributed by atoms with E-state index in [0.29, 0.717) is 16.5 Å². The lowest BCUT2D eigenvalue weighted by Gasteiger charge is -2.35. The van der Waals surface area contributed by atoms with Crippen LogP contribution in [0.1, 0.15) is 67.4 Å². The molecule has 0 spiro atoms. The molecule has 0 bridgehead atoms. The lowest BCUT2D eigenvalue weighted by atomic mass is 9.72. The van der Waals surface area contributed by atoms with Crippen LogP contribution < -0.4 is 15.0 Å². The van der Waals surface area contributed by atoms with Gasteiger partial charge in [0.05, 0.1) is 11.1 Å². The minimum atomic E-state index is -3.13. The molecule has 232 valence electrons. The Hall–Kier alpha value is -3.34. The average Bonchev–Trinajstić information content (AvgIpc) is 2.94. The number of halogens is 4. The van der Waals surface area contributed by atoms with E-state index in [1.807, 2.05) is 39.0 Å². The third-order valence-electron chi connectivity index (χ3n) is 8.29. The number of carbonyl (C=O) groups excluding carboxylic acids is 1. The van der Waals surface area contributed by atoms with Crippen molar-refractivity contribution < 1.29 is 32.6 Å².